The lowest BCUT2D eigenvalue weighted by Crippen LogP contribution is -2.01. The maximum atomic E-state index is 5.31. The highest BCUT2D eigenvalue weighted by molar-refractivity contribution is 7.26. The standard InChI is InChI=1S/C48H28N4S2/c1-3-14-29(15-4-1)45-50-46(52-47(51-45)39-28-40-44(36-21-10-9-20-33(36)39)54-48(49-40)30-16-5-2-6-17-30)37-27-26-34(31-18-7-8-19-32(31)37)35-23-13-25-42-43(35)38-22-11-12-24-41(38)53-42/h1-28H. The zero-order valence-corrected chi connectivity index (χ0v) is 30.4. The molecule has 0 saturated carbocycles. The number of rotatable bonds is 5. The lowest BCUT2D eigenvalue weighted by atomic mass is 9.92. The Morgan fingerprint density at radius 1 is 0.333 bits per heavy atom. The Labute approximate surface area is 318 Å². The molecule has 0 aliphatic heterocycles. The molecular weight excluding hydrogens is 697 g/mol. The van der Waals surface area contributed by atoms with Crippen LogP contribution in [0.1, 0.15) is 0 Å². The number of nitrogens with zero attached hydrogens (tertiary/aromatic N) is 4. The Morgan fingerprint density at radius 3 is 1.65 bits per heavy atom. The van der Waals surface area contributed by atoms with E-state index in [0.29, 0.717) is 17.5 Å². The van der Waals surface area contributed by atoms with Crippen molar-refractivity contribution in [3.05, 3.63) is 170 Å². The molecule has 0 unspecified atom stereocenters. The van der Waals surface area contributed by atoms with Gasteiger partial charge in [0.05, 0.1) is 10.2 Å². The van der Waals surface area contributed by atoms with Crippen LogP contribution < -0.4 is 0 Å². The predicted octanol–water partition coefficient (Wildman–Crippen LogP) is 13.5. The molecule has 0 aliphatic rings. The first kappa shape index (κ1) is 31.0. The van der Waals surface area contributed by atoms with E-state index in [1.54, 1.807) is 11.3 Å². The number of aromatic nitrogens is 4. The van der Waals surface area contributed by atoms with E-state index in [-0.39, 0.29) is 0 Å². The molecule has 54 heavy (non-hydrogen) atoms. The van der Waals surface area contributed by atoms with Crippen LogP contribution in [0, 0.1) is 0 Å². The molecule has 3 aromatic heterocycles. The minimum absolute atomic E-state index is 0.619. The summed E-state index contributed by atoms with van der Waals surface area (Å²) in [6.07, 6.45) is 0. The SMILES string of the molecule is c1ccc(-c2nc(-c3ccc(-c4cccc5sc6ccccc6c45)c4ccccc34)nc(-c3cc4nc(-c5ccccc5)sc4c4ccccc34)n2)cc1. The number of fused-ring (bicyclic) bond motifs is 7. The summed E-state index contributed by atoms with van der Waals surface area (Å²) in [6, 6.07) is 59.7. The molecule has 0 fully saturated rings. The molecule has 0 bridgehead atoms. The highest BCUT2D eigenvalue weighted by atomic mass is 32.1. The van der Waals surface area contributed by atoms with Crippen LogP contribution in [0.3, 0.4) is 0 Å². The van der Waals surface area contributed by atoms with Gasteiger partial charge in [0.2, 0.25) is 0 Å². The van der Waals surface area contributed by atoms with E-state index in [9.17, 15) is 0 Å². The second kappa shape index (κ2) is 12.5. The second-order valence-electron chi connectivity index (χ2n) is 13.4. The van der Waals surface area contributed by atoms with Crippen LogP contribution in [0.2, 0.25) is 0 Å². The fourth-order valence-corrected chi connectivity index (χ4v) is 9.92. The number of thiophene rings is 1. The molecule has 0 amide bonds. The minimum Gasteiger partial charge on any atom is -0.236 e. The summed E-state index contributed by atoms with van der Waals surface area (Å²) in [7, 11) is 0. The average molecular weight is 725 g/mol. The van der Waals surface area contributed by atoms with Crippen LogP contribution in [0.5, 0.6) is 0 Å². The summed E-state index contributed by atoms with van der Waals surface area (Å²) >= 11 is 3.57. The third kappa shape index (κ3) is 5.03. The van der Waals surface area contributed by atoms with Gasteiger partial charge in [0, 0.05) is 47.8 Å². The largest absolute Gasteiger partial charge is 0.236 e. The van der Waals surface area contributed by atoms with Crippen LogP contribution in [0.4, 0.5) is 0 Å². The third-order valence-electron chi connectivity index (χ3n) is 10.2. The van der Waals surface area contributed by atoms with Crippen LogP contribution in [-0.2, 0) is 0 Å². The molecule has 0 atom stereocenters. The van der Waals surface area contributed by atoms with Crippen LogP contribution in [0.15, 0.2) is 170 Å². The van der Waals surface area contributed by atoms with E-state index >= 15 is 0 Å². The van der Waals surface area contributed by atoms with E-state index in [0.717, 1.165) is 59.0 Å². The summed E-state index contributed by atoms with van der Waals surface area (Å²) in [5.41, 5.74) is 7.29. The van der Waals surface area contributed by atoms with Crippen LogP contribution in [-0.4, -0.2) is 19.9 Å². The molecule has 0 radical (unpaired) electrons. The number of benzene rings is 8. The summed E-state index contributed by atoms with van der Waals surface area (Å²) in [6.45, 7) is 0. The lowest BCUT2D eigenvalue weighted by Gasteiger charge is -2.14. The highest BCUT2D eigenvalue weighted by Crippen LogP contribution is 2.44. The van der Waals surface area contributed by atoms with Gasteiger partial charge in [0.1, 0.15) is 5.01 Å². The van der Waals surface area contributed by atoms with Gasteiger partial charge in [-0.25, -0.2) is 19.9 Å². The maximum Gasteiger partial charge on any atom is 0.164 e. The smallest absolute Gasteiger partial charge is 0.164 e. The van der Waals surface area contributed by atoms with Crippen molar-refractivity contribution in [1.82, 2.24) is 19.9 Å². The molecule has 0 spiro atoms. The third-order valence-corrected chi connectivity index (χ3v) is 12.5. The Balaban J connectivity index is 1.15. The monoisotopic (exact) mass is 724 g/mol. The van der Waals surface area contributed by atoms with Crippen molar-refractivity contribution >= 4 is 74.6 Å². The van der Waals surface area contributed by atoms with Gasteiger partial charge in [-0.2, -0.15) is 0 Å². The van der Waals surface area contributed by atoms with Gasteiger partial charge >= 0.3 is 0 Å². The Hall–Kier alpha value is -6.60. The highest BCUT2D eigenvalue weighted by Gasteiger charge is 2.20. The zero-order valence-electron chi connectivity index (χ0n) is 28.8. The van der Waals surface area contributed by atoms with E-state index in [2.05, 4.69) is 146 Å². The topological polar surface area (TPSA) is 51.6 Å². The molecule has 0 N–H and O–H groups in total. The molecule has 0 aliphatic carbocycles. The number of hydrogen-bond donors (Lipinski definition) is 0. The fourth-order valence-electron chi connectivity index (χ4n) is 7.70. The summed E-state index contributed by atoms with van der Waals surface area (Å²) < 4.78 is 3.74. The van der Waals surface area contributed by atoms with Crippen molar-refractivity contribution < 1.29 is 0 Å². The van der Waals surface area contributed by atoms with E-state index < -0.39 is 0 Å². The lowest BCUT2D eigenvalue weighted by molar-refractivity contribution is 1.08. The van der Waals surface area contributed by atoms with E-state index in [1.165, 1.54) is 31.3 Å². The molecule has 3 heterocycles. The van der Waals surface area contributed by atoms with Gasteiger partial charge in [0.15, 0.2) is 17.5 Å². The molecule has 11 aromatic rings. The van der Waals surface area contributed by atoms with Crippen molar-refractivity contribution in [2.24, 2.45) is 0 Å². The summed E-state index contributed by atoms with van der Waals surface area (Å²) in [5.74, 6) is 1.88. The fraction of sp³-hybridized carbons (Fsp3) is 0. The Morgan fingerprint density at radius 2 is 0.889 bits per heavy atom. The Kier molecular flexibility index (Phi) is 7.18. The summed E-state index contributed by atoms with van der Waals surface area (Å²) in [5, 5.41) is 8.05. The van der Waals surface area contributed by atoms with Gasteiger partial charge in [-0.15, -0.1) is 22.7 Å². The molecule has 0 saturated heterocycles. The van der Waals surface area contributed by atoms with E-state index in [1.807, 2.05) is 35.6 Å². The van der Waals surface area contributed by atoms with Crippen molar-refractivity contribution in [1.29, 1.82) is 0 Å². The maximum absolute atomic E-state index is 5.31. The molecular formula is C48H28N4S2. The van der Waals surface area contributed by atoms with Crippen LogP contribution >= 0.6 is 22.7 Å². The van der Waals surface area contributed by atoms with Crippen molar-refractivity contribution in [3.8, 4) is 55.9 Å². The molecule has 252 valence electrons. The average Bonchev–Trinajstić information content (AvgIpc) is 3.86. The molecule has 6 heteroatoms. The quantitative estimate of drug-likeness (QED) is 0.177. The van der Waals surface area contributed by atoms with Gasteiger partial charge in [0.25, 0.3) is 0 Å². The van der Waals surface area contributed by atoms with Crippen molar-refractivity contribution in [3.63, 3.8) is 0 Å². The molecule has 8 aromatic carbocycles. The normalized spacial score (nSPS) is 11.7. The predicted molar refractivity (Wildman–Crippen MR) is 228 cm³/mol. The zero-order chi connectivity index (χ0) is 35.6. The number of thiazole rings is 1. The first-order valence-electron chi connectivity index (χ1n) is 17.9. The minimum atomic E-state index is 0.619. The van der Waals surface area contributed by atoms with Crippen LogP contribution in [0.25, 0.3) is 108 Å². The van der Waals surface area contributed by atoms with Gasteiger partial charge in [-0.3, -0.25) is 0 Å². The van der Waals surface area contributed by atoms with Crippen molar-refractivity contribution in [2.45, 2.75) is 0 Å². The van der Waals surface area contributed by atoms with Gasteiger partial charge in [-0.05, 0) is 51.6 Å². The van der Waals surface area contributed by atoms with Crippen molar-refractivity contribution in [2.75, 3.05) is 0 Å². The molecule has 4 nitrogen and oxygen atoms in total. The first-order chi connectivity index (χ1) is 26.8. The molecule has 11 rings (SSSR count). The summed E-state index contributed by atoms with van der Waals surface area (Å²) in [4.78, 5) is 20.8. The number of hydrogen-bond acceptors (Lipinski definition) is 6. The second-order valence-corrected chi connectivity index (χ2v) is 15.4. The first-order valence-corrected chi connectivity index (χ1v) is 19.5. The van der Waals surface area contributed by atoms with Gasteiger partial charge in [-0.1, -0.05) is 146 Å². The van der Waals surface area contributed by atoms with Gasteiger partial charge < -0.3 is 0 Å². The van der Waals surface area contributed by atoms with E-state index in [4.69, 9.17) is 19.9 Å². The Bertz CT molecular complexity index is 3220.